The number of hydrogen-bond acceptors (Lipinski definition) is 7. The number of nitrogens with zero attached hydrogens (tertiary/aromatic N) is 2. The molecule has 1 aliphatic rings. The molecule has 118 valence electrons. The molecule has 7 heteroatoms. The molecule has 0 spiro atoms. The van der Waals surface area contributed by atoms with Gasteiger partial charge in [-0.2, -0.15) is 0 Å². The van der Waals surface area contributed by atoms with Crippen LogP contribution in [0.3, 0.4) is 0 Å². The highest BCUT2D eigenvalue weighted by Crippen LogP contribution is 2.26. The van der Waals surface area contributed by atoms with Crippen LogP contribution < -0.4 is 16.6 Å². The summed E-state index contributed by atoms with van der Waals surface area (Å²) in [7, 11) is 0. The molecule has 21 heavy (non-hydrogen) atoms. The Labute approximate surface area is 125 Å². The highest BCUT2D eigenvalue weighted by atomic mass is 16.5. The second-order valence-electron chi connectivity index (χ2n) is 5.78. The lowest BCUT2D eigenvalue weighted by atomic mass is 9.94. The van der Waals surface area contributed by atoms with E-state index >= 15 is 0 Å². The first kappa shape index (κ1) is 15.9. The van der Waals surface area contributed by atoms with Gasteiger partial charge in [-0.05, 0) is 33.6 Å². The lowest BCUT2D eigenvalue weighted by molar-refractivity contribution is -0.0553. The van der Waals surface area contributed by atoms with Crippen molar-refractivity contribution >= 4 is 11.6 Å². The summed E-state index contributed by atoms with van der Waals surface area (Å²) in [6.45, 7) is 7.90. The van der Waals surface area contributed by atoms with Gasteiger partial charge in [-0.3, -0.25) is 0 Å². The second kappa shape index (κ2) is 7.02. The van der Waals surface area contributed by atoms with Crippen LogP contribution >= 0.6 is 0 Å². The van der Waals surface area contributed by atoms with Gasteiger partial charge in [-0.25, -0.2) is 15.8 Å². The molecule has 0 aliphatic carbocycles. The van der Waals surface area contributed by atoms with Crippen molar-refractivity contribution in [2.75, 3.05) is 24.0 Å². The molecule has 2 rings (SSSR count). The molecule has 1 aliphatic heterocycles. The van der Waals surface area contributed by atoms with Crippen molar-refractivity contribution in [3.63, 3.8) is 0 Å². The highest BCUT2D eigenvalue weighted by Gasteiger charge is 2.29. The number of nitrogen functional groups attached to an aromatic ring is 1. The van der Waals surface area contributed by atoms with Crippen LogP contribution in [0.4, 0.5) is 11.6 Å². The summed E-state index contributed by atoms with van der Waals surface area (Å²) in [6, 6.07) is 2.13. The summed E-state index contributed by atoms with van der Waals surface area (Å²) in [5, 5.41) is 3.45. The normalized spacial score (nSPS) is 21.0. The summed E-state index contributed by atoms with van der Waals surface area (Å²) >= 11 is 0. The van der Waals surface area contributed by atoms with Crippen LogP contribution in [0.1, 0.15) is 39.4 Å². The van der Waals surface area contributed by atoms with Crippen molar-refractivity contribution in [3.05, 3.63) is 11.9 Å². The van der Waals surface area contributed by atoms with Gasteiger partial charge in [0.25, 0.3) is 0 Å². The summed E-state index contributed by atoms with van der Waals surface area (Å²) in [6.07, 6.45) is 1.89. The molecular formula is C14H25N5O2. The van der Waals surface area contributed by atoms with Gasteiger partial charge in [0.1, 0.15) is 18.2 Å². The molecule has 1 aromatic heterocycles. The van der Waals surface area contributed by atoms with Crippen LogP contribution in [0.25, 0.3) is 0 Å². The Bertz CT molecular complexity index is 467. The molecule has 7 nitrogen and oxygen atoms in total. The van der Waals surface area contributed by atoms with Crippen LogP contribution in [-0.4, -0.2) is 34.8 Å². The molecule has 1 unspecified atom stereocenters. The van der Waals surface area contributed by atoms with Gasteiger partial charge in [0.05, 0.1) is 5.60 Å². The van der Waals surface area contributed by atoms with Gasteiger partial charge in [0, 0.05) is 25.3 Å². The van der Waals surface area contributed by atoms with Crippen LogP contribution in [0.2, 0.25) is 0 Å². The minimum absolute atomic E-state index is 0.105. The number of anilines is 2. The summed E-state index contributed by atoms with van der Waals surface area (Å²) in [4.78, 5) is 8.75. The third kappa shape index (κ3) is 4.80. The lowest BCUT2D eigenvalue weighted by Gasteiger charge is -2.36. The minimum Gasteiger partial charge on any atom is -0.375 e. The van der Waals surface area contributed by atoms with Crippen LogP contribution in [-0.2, 0) is 16.1 Å². The topological polar surface area (TPSA) is 94.3 Å². The molecule has 1 aromatic rings. The molecule has 0 aromatic carbocycles. The van der Waals surface area contributed by atoms with E-state index in [1.165, 1.54) is 0 Å². The van der Waals surface area contributed by atoms with Gasteiger partial charge >= 0.3 is 0 Å². The molecule has 0 saturated carbocycles. The predicted molar refractivity (Wildman–Crippen MR) is 81.8 cm³/mol. The molecule has 0 radical (unpaired) electrons. The van der Waals surface area contributed by atoms with Gasteiger partial charge in [0.2, 0.25) is 0 Å². The van der Waals surface area contributed by atoms with Gasteiger partial charge in [-0.1, -0.05) is 0 Å². The largest absolute Gasteiger partial charge is 0.375 e. The maximum absolute atomic E-state index is 5.73. The standard InChI is InChI=1S/C14H25N5O2/c1-4-20-9-13-17-11(7-12(18-13)19-15)16-10-5-6-21-14(2,3)8-10/h7,10H,4-6,8-9,15H2,1-3H3,(H2,16,17,18,19). The summed E-state index contributed by atoms with van der Waals surface area (Å²) in [5.74, 6) is 7.41. The molecule has 2 heterocycles. The SMILES string of the molecule is CCOCc1nc(NN)cc(NC2CCOC(C)(C)C2)n1. The molecule has 4 N–H and O–H groups in total. The van der Waals surface area contributed by atoms with Crippen molar-refractivity contribution in [1.29, 1.82) is 0 Å². The zero-order valence-electron chi connectivity index (χ0n) is 13.0. The van der Waals surface area contributed by atoms with Crippen molar-refractivity contribution in [2.45, 2.75) is 51.9 Å². The van der Waals surface area contributed by atoms with Crippen LogP contribution in [0, 0.1) is 0 Å². The number of hydrogen-bond donors (Lipinski definition) is 3. The maximum atomic E-state index is 5.73. The Balaban J connectivity index is 2.07. The highest BCUT2D eigenvalue weighted by molar-refractivity contribution is 5.47. The summed E-state index contributed by atoms with van der Waals surface area (Å²) < 4.78 is 11.1. The third-order valence-electron chi connectivity index (χ3n) is 3.40. The molecular weight excluding hydrogens is 270 g/mol. The monoisotopic (exact) mass is 295 g/mol. The molecule has 0 bridgehead atoms. The van der Waals surface area contributed by atoms with Gasteiger partial charge in [0.15, 0.2) is 5.82 Å². The van der Waals surface area contributed by atoms with E-state index in [0.29, 0.717) is 30.9 Å². The van der Waals surface area contributed by atoms with E-state index in [2.05, 4.69) is 34.6 Å². The van der Waals surface area contributed by atoms with E-state index in [1.807, 2.05) is 6.92 Å². The lowest BCUT2D eigenvalue weighted by Crippen LogP contribution is -2.40. The van der Waals surface area contributed by atoms with Gasteiger partial charge < -0.3 is 20.2 Å². The van der Waals surface area contributed by atoms with Crippen LogP contribution in [0.15, 0.2) is 6.07 Å². The fourth-order valence-corrected chi connectivity index (χ4v) is 2.47. The molecule has 0 amide bonds. The Morgan fingerprint density at radius 2 is 2.19 bits per heavy atom. The van der Waals surface area contributed by atoms with E-state index in [4.69, 9.17) is 15.3 Å². The fourth-order valence-electron chi connectivity index (χ4n) is 2.47. The van der Waals surface area contributed by atoms with E-state index in [1.54, 1.807) is 6.07 Å². The predicted octanol–water partition coefficient (Wildman–Crippen LogP) is 1.67. The summed E-state index contributed by atoms with van der Waals surface area (Å²) in [5.41, 5.74) is 2.46. The number of nitrogens with one attached hydrogen (secondary N) is 2. The van der Waals surface area contributed by atoms with E-state index in [0.717, 1.165) is 25.3 Å². The Morgan fingerprint density at radius 3 is 2.86 bits per heavy atom. The Kier molecular flexibility index (Phi) is 5.33. The van der Waals surface area contributed by atoms with E-state index < -0.39 is 0 Å². The first-order chi connectivity index (χ1) is 10.0. The minimum atomic E-state index is -0.105. The quantitative estimate of drug-likeness (QED) is 0.543. The Hall–Kier alpha value is -1.44. The van der Waals surface area contributed by atoms with Crippen molar-refractivity contribution < 1.29 is 9.47 Å². The average molecular weight is 295 g/mol. The Morgan fingerprint density at radius 1 is 1.43 bits per heavy atom. The van der Waals surface area contributed by atoms with Crippen LogP contribution in [0.5, 0.6) is 0 Å². The third-order valence-corrected chi connectivity index (χ3v) is 3.40. The van der Waals surface area contributed by atoms with Gasteiger partial charge in [-0.15, -0.1) is 0 Å². The maximum Gasteiger partial charge on any atom is 0.158 e. The zero-order chi connectivity index (χ0) is 15.3. The number of aromatic nitrogens is 2. The average Bonchev–Trinajstić information content (AvgIpc) is 2.43. The smallest absolute Gasteiger partial charge is 0.158 e. The van der Waals surface area contributed by atoms with E-state index in [9.17, 15) is 0 Å². The zero-order valence-corrected chi connectivity index (χ0v) is 13.0. The van der Waals surface area contributed by atoms with Crippen molar-refractivity contribution in [2.24, 2.45) is 5.84 Å². The fraction of sp³-hybridized carbons (Fsp3) is 0.714. The van der Waals surface area contributed by atoms with Crippen molar-refractivity contribution in [3.8, 4) is 0 Å². The number of nitrogens with two attached hydrogens (primary N) is 1. The first-order valence-electron chi connectivity index (χ1n) is 7.35. The molecule has 1 saturated heterocycles. The molecule has 1 fully saturated rings. The number of ether oxygens (including phenoxy) is 2. The second-order valence-corrected chi connectivity index (χ2v) is 5.78. The molecule has 1 atom stereocenters. The van der Waals surface area contributed by atoms with Crippen molar-refractivity contribution in [1.82, 2.24) is 9.97 Å². The number of rotatable bonds is 6. The first-order valence-corrected chi connectivity index (χ1v) is 7.35. The van der Waals surface area contributed by atoms with E-state index in [-0.39, 0.29) is 5.60 Å². The number of hydrazine groups is 1.